The molecule has 0 bridgehead atoms. The molecule has 2 heterocycles. The third kappa shape index (κ3) is 8.06. The number of rotatable bonds is 6. The van der Waals surface area contributed by atoms with Crippen LogP contribution in [-0.4, -0.2) is 80.1 Å². The first-order chi connectivity index (χ1) is 16.8. The number of anilines is 2. The van der Waals surface area contributed by atoms with Gasteiger partial charge in [-0.05, 0) is 61.5 Å². The summed E-state index contributed by atoms with van der Waals surface area (Å²) in [5.74, 6) is 0.185. The number of nitrogens with zero attached hydrogens (tertiary/aromatic N) is 4. The first-order valence-electron chi connectivity index (χ1n) is 12.2. The van der Waals surface area contributed by atoms with Gasteiger partial charge >= 0.3 is 5.51 Å². The summed E-state index contributed by atoms with van der Waals surface area (Å²) in [5, 5.41) is 0. The molecule has 2 aromatic carbocycles. The van der Waals surface area contributed by atoms with Crippen LogP contribution >= 0.6 is 11.8 Å². The number of aryl methyl sites for hydroxylation is 1. The highest BCUT2D eigenvalue weighted by molar-refractivity contribution is 8.00. The molecule has 36 heavy (non-hydrogen) atoms. The number of halogens is 3. The van der Waals surface area contributed by atoms with Gasteiger partial charge in [0.2, 0.25) is 5.91 Å². The molecule has 0 aliphatic carbocycles. The number of amides is 1. The molecule has 0 radical (unpaired) electrons. The average molecular weight is 523 g/mol. The van der Waals surface area contributed by atoms with E-state index in [-0.39, 0.29) is 30.0 Å². The number of carbonyl (C=O) groups excluding carboxylic acids is 1. The molecule has 4 rings (SSSR count). The Morgan fingerprint density at radius 2 is 1.36 bits per heavy atom. The summed E-state index contributed by atoms with van der Waals surface area (Å²) < 4.78 is 37.7. The Bertz CT molecular complexity index is 960. The summed E-state index contributed by atoms with van der Waals surface area (Å²) in [6, 6.07) is 15.1. The minimum Gasteiger partial charge on any atom is -0.370 e. The van der Waals surface area contributed by atoms with Crippen LogP contribution in [0.15, 0.2) is 53.4 Å². The van der Waals surface area contributed by atoms with E-state index in [1.807, 2.05) is 4.90 Å². The van der Waals surface area contributed by atoms with Crippen molar-refractivity contribution in [2.45, 2.75) is 37.6 Å². The third-order valence-corrected chi connectivity index (χ3v) is 7.44. The summed E-state index contributed by atoms with van der Waals surface area (Å²) in [4.78, 5) is 21.9. The lowest BCUT2D eigenvalue weighted by atomic mass is 10.2. The zero-order chi connectivity index (χ0) is 24.8. The summed E-state index contributed by atoms with van der Waals surface area (Å²) >= 11 is -0.0970. The Balaban J connectivity index is 0.00000361. The number of hydrogen-bond donors (Lipinski definition) is 0. The molecule has 9 heteroatoms. The van der Waals surface area contributed by atoms with Crippen LogP contribution in [0.5, 0.6) is 0 Å². The Morgan fingerprint density at radius 1 is 0.806 bits per heavy atom. The molecule has 198 valence electrons. The molecule has 0 spiro atoms. The zero-order valence-corrected chi connectivity index (χ0v) is 21.0. The van der Waals surface area contributed by atoms with E-state index in [9.17, 15) is 18.0 Å². The topological polar surface area (TPSA) is 30.0 Å². The van der Waals surface area contributed by atoms with Crippen molar-refractivity contribution in [3.63, 3.8) is 0 Å². The van der Waals surface area contributed by atoms with E-state index >= 15 is 0 Å². The van der Waals surface area contributed by atoms with E-state index in [0.717, 1.165) is 57.9 Å². The number of thioether (sulfide) groups is 1. The predicted molar refractivity (Wildman–Crippen MR) is 143 cm³/mol. The number of alkyl halides is 3. The summed E-state index contributed by atoms with van der Waals surface area (Å²) in [7, 11) is 0. The van der Waals surface area contributed by atoms with Crippen molar-refractivity contribution < 1.29 is 18.0 Å². The van der Waals surface area contributed by atoms with Gasteiger partial charge in [-0.15, -0.1) is 0 Å². The molecule has 0 unspecified atom stereocenters. The lowest BCUT2D eigenvalue weighted by Crippen LogP contribution is -2.47. The lowest BCUT2D eigenvalue weighted by molar-refractivity contribution is -0.131. The number of benzene rings is 2. The highest BCUT2D eigenvalue weighted by Gasteiger charge is 2.29. The van der Waals surface area contributed by atoms with Crippen LogP contribution in [-0.2, 0) is 4.79 Å². The van der Waals surface area contributed by atoms with E-state index in [4.69, 9.17) is 0 Å². The first kappa shape index (κ1) is 28.2. The van der Waals surface area contributed by atoms with Gasteiger partial charge in [0, 0.05) is 81.6 Å². The molecule has 0 N–H and O–H groups in total. The van der Waals surface area contributed by atoms with Gasteiger partial charge in [0.1, 0.15) is 0 Å². The van der Waals surface area contributed by atoms with E-state index < -0.39 is 5.51 Å². The zero-order valence-electron chi connectivity index (χ0n) is 20.1. The molecular formula is C27H37F3N4OS. The Labute approximate surface area is 217 Å². The molecule has 2 aliphatic rings. The largest absolute Gasteiger partial charge is 0.446 e. The molecule has 2 fully saturated rings. The van der Waals surface area contributed by atoms with E-state index in [1.165, 1.54) is 23.4 Å². The van der Waals surface area contributed by atoms with Gasteiger partial charge in [0.25, 0.3) is 0 Å². The standard InChI is InChI=1S/C26H33F3N4OS.CH4/c1-21-3-5-22(6-4-21)32-17-15-30(16-18-32)14-11-25(34)33-13-2-12-31(19-20-33)23-7-9-24(10-8-23)35-26(27,28)29;/h3-10H,2,11-20H2,1H3;1H4. The van der Waals surface area contributed by atoms with Gasteiger partial charge < -0.3 is 14.7 Å². The van der Waals surface area contributed by atoms with E-state index in [2.05, 4.69) is 45.9 Å². The lowest BCUT2D eigenvalue weighted by Gasteiger charge is -2.36. The molecule has 2 saturated heterocycles. The third-order valence-electron chi connectivity index (χ3n) is 6.70. The molecule has 2 aromatic rings. The Morgan fingerprint density at radius 3 is 1.97 bits per heavy atom. The van der Waals surface area contributed by atoms with Crippen molar-refractivity contribution in [1.82, 2.24) is 9.80 Å². The molecule has 0 aromatic heterocycles. The minimum atomic E-state index is -4.28. The quantitative estimate of drug-likeness (QED) is 0.468. The van der Waals surface area contributed by atoms with Crippen LogP contribution in [0.2, 0.25) is 0 Å². The monoisotopic (exact) mass is 522 g/mol. The van der Waals surface area contributed by atoms with Crippen molar-refractivity contribution in [3.05, 3.63) is 54.1 Å². The fraction of sp³-hybridized carbons (Fsp3) is 0.519. The first-order valence-corrected chi connectivity index (χ1v) is 13.0. The van der Waals surface area contributed by atoms with Gasteiger partial charge in [-0.2, -0.15) is 13.2 Å². The number of hydrogen-bond acceptors (Lipinski definition) is 5. The smallest absolute Gasteiger partial charge is 0.370 e. The molecule has 0 atom stereocenters. The van der Waals surface area contributed by atoms with Crippen molar-refractivity contribution in [2.24, 2.45) is 0 Å². The van der Waals surface area contributed by atoms with Crippen molar-refractivity contribution in [1.29, 1.82) is 0 Å². The van der Waals surface area contributed by atoms with Crippen LogP contribution in [0.1, 0.15) is 25.8 Å². The summed E-state index contributed by atoms with van der Waals surface area (Å²) in [6.45, 7) is 9.56. The maximum absolute atomic E-state index is 12.9. The maximum atomic E-state index is 12.9. The summed E-state index contributed by atoms with van der Waals surface area (Å²) in [5.41, 5.74) is -0.855. The molecule has 5 nitrogen and oxygen atoms in total. The molecule has 1 amide bonds. The van der Waals surface area contributed by atoms with Crippen LogP contribution < -0.4 is 9.80 Å². The minimum absolute atomic E-state index is 0. The molecule has 2 aliphatic heterocycles. The van der Waals surface area contributed by atoms with E-state index in [1.54, 1.807) is 12.1 Å². The second-order valence-electron chi connectivity index (χ2n) is 9.18. The second-order valence-corrected chi connectivity index (χ2v) is 10.3. The highest BCUT2D eigenvalue weighted by atomic mass is 32.2. The molecule has 0 saturated carbocycles. The number of carbonyl (C=O) groups is 1. The fourth-order valence-corrected chi connectivity index (χ4v) is 5.22. The van der Waals surface area contributed by atoms with Gasteiger partial charge in [-0.25, -0.2) is 0 Å². The SMILES string of the molecule is C.Cc1ccc(N2CCN(CCC(=O)N3CCCN(c4ccc(SC(F)(F)F)cc4)CC3)CC2)cc1. The average Bonchev–Trinajstić information content (AvgIpc) is 3.09. The summed E-state index contributed by atoms with van der Waals surface area (Å²) in [6.07, 6.45) is 1.37. The normalized spacial score (nSPS) is 17.5. The van der Waals surface area contributed by atoms with Gasteiger partial charge in [0.15, 0.2) is 0 Å². The highest BCUT2D eigenvalue weighted by Crippen LogP contribution is 2.37. The predicted octanol–water partition coefficient (Wildman–Crippen LogP) is 5.49. The fourth-order valence-electron chi connectivity index (χ4n) is 4.68. The van der Waals surface area contributed by atoms with Crippen molar-refractivity contribution >= 4 is 29.0 Å². The van der Waals surface area contributed by atoms with Crippen molar-refractivity contribution in [3.8, 4) is 0 Å². The van der Waals surface area contributed by atoms with Gasteiger partial charge in [-0.1, -0.05) is 25.1 Å². The van der Waals surface area contributed by atoms with Gasteiger partial charge in [0.05, 0.1) is 0 Å². The van der Waals surface area contributed by atoms with E-state index in [0.29, 0.717) is 19.5 Å². The van der Waals surface area contributed by atoms with Crippen LogP contribution in [0, 0.1) is 6.92 Å². The van der Waals surface area contributed by atoms with Crippen LogP contribution in [0.4, 0.5) is 24.5 Å². The van der Waals surface area contributed by atoms with Gasteiger partial charge in [-0.3, -0.25) is 9.69 Å². The second kappa shape index (κ2) is 12.7. The Hall–Kier alpha value is -2.39. The molecular weight excluding hydrogens is 485 g/mol. The maximum Gasteiger partial charge on any atom is 0.446 e. The van der Waals surface area contributed by atoms with Crippen molar-refractivity contribution in [2.75, 3.05) is 68.7 Å². The van der Waals surface area contributed by atoms with Crippen LogP contribution in [0.3, 0.4) is 0 Å². The number of piperazine rings is 1. The Kier molecular flexibility index (Phi) is 9.96. The van der Waals surface area contributed by atoms with Crippen LogP contribution in [0.25, 0.3) is 0 Å².